The van der Waals surface area contributed by atoms with E-state index >= 15 is 0 Å². The van der Waals surface area contributed by atoms with Crippen LogP contribution < -0.4 is 0 Å². The van der Waals surface area contributed by atoms with Gasteiger partial charge in [-0.1, -0.05) is 17.7 Å². The summed E-state index contributed by atoms with van der Waals surface area (Å²) in [7, 11) is 0. The van der Waals surface area contributed by atoms with Gasteiger partial charge >= 0.3 is 6.18 Å². The average molecular weight is 340 g/mol. The Labute approximate surface area is 114 Å². The third kappa shape index (κ3) is 2.40. The van der Waals surface area contributed by atoms with E-state index in [2.05, 4.69) is 21.0 Å². The lowest BCUT2D eigenvalue weighted by Gasteiger charge is -2.04. The monoisotopic (exact) mass is 338 g/mol. The van der Waals surface area contributed by atoms with Crippen molar-refractivity contribution in [1.29, 1.82) is 0 Å². The van der Waals surface area contributed by atoms with Crippen LogP contribution in [0.15, 0.2) is 28.9 Å². The largest absolute Gasteiger partial charge is 0.435 e. The lowest BCUT2D eigenvalue weighted by atomic mass is 10.3. The molecule has 0 bridgehead atoms. The Morgan fingerprint density at radius 2 is 2.00 bits per heavy atom. The molecule has 0 unspecified atom stereocenters. The molecule has 0 saturated heterocycles. The normalized spacial score (nSPS) is 11.9. The van der Waals surface area contributed by atoms with E-state index in [1.54, 1.807) is 24.3 Å². The van der Waals surface area contributed by atoms with Gasteiger partial charge in [0, 0.05) is 10.6 Å². The van der Waals surface area contributed by atoms with E-state index in [-0.39, 0.29) is 10.2 Å². The van der Waals surface area contributed by atoms with Gasteiger partial charge in [-0.15, -0.1) is 0 Å². The molecule has 0 saturated carbocycles. The van der Waals surface area contributed by atoms with Crippen LogP contribution in [-0.4, -0.2) is 9.78 Å². The van der Waals surface area contributed by atoms with Crippen LogP contribution in [0.4, 0.5) is 13.2 Å². The number of hydrogen-bond donors (Lipinski definition) is 0. The summed E-state index contributed by atoms with van der Waals surface area (Å²) in [5.41, 5.74) is -0.398. The maximum atomic E-state index is 12.7. The molecule has 1 heterocycles. The number of benzene rings is 1. The van der Waals surface area contributed by atoms with E-state index < -0.39 is 11.9 Å². The number of nitrogens with zero attached hydrogens (tertiary/aromatic N) is 2. The lowest BCUT2D eigenvalue weighted by Crippen LogP contribution is -2.08. The SMILES string of the molecule is Cc1c(C(F)(F)F)nn(-c2cccc(Cl)c2)c1Br. The first kappa shape index (κ1) is 13.4. The van der Waals surface area contributed by atoms with E-state index in [1.807, 2.05) is 0 Å². The van der Waals surface area contributed by atoms with Crippen LogP contribution in [0.3, 0.4) is 0 Å². The molecule has 18 heavy (non-hydrogen) atoms. The molecular formula is C11H7BrClF3N2. The second kappa shape index (κ2) is 4.59. The molecule has 0 aliphatic rings. The summed E-state index contributed by atoms with van der Waals surface area (Å²) in [5.74, 6) is 0. The highest BCUT2D eigenvalue weighted by atomic mass is 79.9. The van der Waals surface area contributed by atoms with Crippen molar-refractivity contribution in [3.8, 4) is 5.69 Å². The van der Waals surface area contributed by atoms with Gasteiger partial charge in [-0.25, -0.2) is 4.68 Å². The van der Waals surface area contributed by atoms with E-state index in [1.165, 1.54) is 11.6 Å². The van der Waals surface area contributed by atoms with E-state index in [0.717, 1.165) is 0 Å². The number of rotatable bonds is 1. The van der Waals surface area contributed by atoms with Crippen molar-refractivity contribution in [2.24, 2.45) is 0 Å². The van der Waals surface area contributed by atoms with Gasteiger partial charge in [-0.3, -0.25) is 0 Å². The van der Waals surface area contributed by atoms with Crippen molar-refractivity contribution in [1.82, 2.24) is 9.78 Å². The molecule has 0 aliphatic carbocycles. The Bertz CT molecular complexity index is 592. The molecule has 0 radical (unpaired) electrons. The highest BCUT2D eigenvalue weighted by Crippen LogP contribution is 2.35. The van der Waals surface area contributed by atoms with Gasteiger partial charge in [0.1, 0.15) is 4.60 Å². The zero-order valence-corrected chi connectivity index (χ0v) is 11.4. The molecule has 0 aliphatic heterocycles. The fourth-order valence-corrected chi connectivity index (χ4v) is 2.18. The molecule has 0 fully saturated rings. The van der Waals surface area contributed by atoms with Gasteiger partial charge in [0.2, 0.25) is 0 Å². The third-order valence-corrected chi connectivity index (χ3v) is 3.54. The zero-order valence-electron chi connectivity index (χ0n) is 9.09. The van der Waals surface area contributed by atoms with E-state index in [9.17, 15) is 13.2 Å². The van der Waals surface area contributed by atoms with E-state index in [4.69, 9.17) is 11.6 Å². The molecule has 0 amide bonds. The maximum absolute atomic E-state index is 12.7. The minimum atomic E-state index is -4.48. The minimum absolute atomic E-state index is 0.0440. The number of hydrogen-bond acceptors (Lipinski definition) is 1. The van der Waals surface area contributed by atoms with Crippen LogP contribution in [0.2, 0.25) is 5.02 Å². The summed E-state index contributed by atoms with van der Waals surface area (Å²) in [5, 5.41) is 4.01. The summed E-state index contributed by atoms with van der Waals surface area (Å²) >= 11 is 8.92. The standard InChI is InChI=1S/C11H7BrClF3N2/c1-6-9(11(14,15)16)17-18(10(6)12)8-4-2-3-7(13)5-8/h2-5H,1H3. The lowest BCUT2D eigenvalue weighted by molar-refractivity contribution is -0.141. The van der Waals surface area contributed by atoms with Crippen molar-refractivity contribution in [2.75, 3.05) is 0 Å². The van der Waals surface area contributed by atoms with Gasteiger partial charge < -0.3 is 0 Å². The highest BCUT2D eigenvalue weighted by molar-refractivity contribution is 9.10. The fraction of sp³-hybridized carbons (Fsp3) is 0.182. The molecule has 2 rings (SSSR count). The van der Waals surface area contributed by atoms with E-state index in [0.29, 0.717) is 10.7 Å². The van der Waals surface area contributed by atoms with Crippen LogP contribution in [0, 0.1) is 6.92 Å². The predicted molar refractivity (Wildman–Crippen MR) is 66.0 cm³/mol. The molecule has 96 valence electrons. The smallest absolute Gasteiger partial charge is 0.226 e. The van der Waals surface area contributed by atoms with Crippen LogP contribution in [0.5, 0.6) is 0 Å². The Hall–Kier alpha value is -1.01. The molecule has 7 heteroatoms. The fourth-order valence-electron chi connectivity index (χ4n) is 1.52. The molecule has 0 N–H and O–H groups in total. The van der Waals surface area contributed by atoms with Crippen LogP contribution in [0.25, 0.3) is 5.69 Å². The zero-order chi connectivity index (χ0) is 13.5. The second-order valence-electron chi connectivity index (χ2n) is 3.65. The third-order valence-electron chi connectivity index (χ3n) is 2.37. The summed E-state index contributed by atoms with van der Waals surface area (Å²) in [6, 6.07) is 6.45. The molecule has 0 atom stereocenters. The van der Waals surface area contributed by atoms with Gasteiger partial charge in [-0.05, 0) is 41.1 Å². The van der Waals surface area contributed by atoms with Crippen LogP contribution in [0.1, 0.15) is 11.3 Å². The van der Waals surface area contributed by atoms with Crippen molar-refractivity contribution in [2.45, 2.75) is 13.1 Å². The molecule has 0 spiro atoms. The quantitative estimate of drug-likeness (QED) is 0.741. The van der Waals surface area contributed by atoms with Crippen LogP contribution >= 0.6 is 27.5 Å². The van der Waals surface area contributed by atoms with Crippen molar-refractivity contribution in [3.05, 3.63) is 45.1 Å². The molecular weight excluding hydrogens is 332 g/mol. The first-order valence-electron chi connectivity index (χ1n) is 4.89. The summed E-state index contributed by atoms with van der Waals surface area (Å²) in [6.07, 6.45) is -4.48. The summed E-state index contributed by atoms with van der Waals surface area (Å²) in [6.45, 7) is 1.36. The number of aromatic nitrogens is 2. The average Bonchev–Trinajstić information content (AvgIpc) is 2.55. The molecule has 1 aromatic heterocycles. The topological polar surface area (TPSA) is 17.8 Å². The van der Waals surface area contributed by atoms with Crippen LogP contribution in [-0.2, 0) is 6.18 Å². The predicted octanol–water partition coefficient (Wildman–Crippen LogP) is 4.62. The van der Waals surface area contributed by atoms with Crippen molar-refractivity contribution < 1.29 is 13.2 Å². The Morgan fingerprint density at radius 3 is 2.50 bits per heavy atom. The summed E-state index contributed by atoms with van der Waals surface area (Å²) < 4.78 is 39.6. The number of alkyl halides is 3. The highest BCUT2D eigenvalue weighted by Gasteiger charge is 2.37. The number of halogens is 5. The molecule has 1 aromatic carbocycles. The Balaban J connectivity index is 2.60. The van der Waals surface area contributed by atoms with Crippen molar-refractivity contribution >= 4 is 27.5 Å². The Morgan fingerprint density at radius 1 is 1.33 bits per heavy atom. The summed E-state index contributed by atoms with van der Waals surface area (Å²) in [4.78, 5) is 0. The van der Waals surface area contributed by atoms with Gasteiger partial charge in [0.05, 0.1) is 5.69 Å². The van der Waals surface area contributed by atoms with Crippen molar-refractivity contribution in [3.63, 3.8) is 0 Å². The first-order valence-corrected chi connectivity index (χ1v) is 6.06. The maximum Gasteiger partial charge on any atom is 0.435 e. The minimum Gasteiger partial charge on any atom is -0.226 e. The first-order chi connectivity index (χ1) is 8.30. The van der Waals surface area contributed by atoms with Gasteiger partial charge in [-0.2, -0.15) is 18.3 Å². The Kier molecular flexibility index (Phi) is 3.42. The molecule has 2 aromatic rings. The van der Waals surface area contributed by atoms with Gasteiger partial charge in [0.25, 0.3) is 0 Å². The van der Waals surface area contributed by atoms with Gasteiger partial charge in [0.15, 0.2) is 5.69 Å². The molecule has 2 nitrogen and oxygen atoms in total. The second-order valence-corrected chi connectivity index (χ2v) is 4.84.